The van der Waals surface area contributed by atoms with Crippen LogP contribution in [0, 0.1) is 11.7 Å². The standard InChI is InChI=1S/C22H24ClFN2O2/c1-15(2)10-22(27)26(13-16-4-3-5-19(24)11-16)14-20-12-21(25-28-20)17-6-8-18(23)9-7-17/h3-9,11,15,20H,10,12-14H2,1-2H3. The summed E-state index contributed by atoms with van der Waals surface area (Å²) in [7, 11) is 0. The first-order valence-electron chi connectivity index (χ1n) is 9.41. The smallest absolute Gasteiger partial charge is 0.223 e. The third-order valence-electron chi connectivity index (χ3n) is 4.53. The Morgan fingerprint density at radius 3 is 2.71 bits per heavy atom. The second-order valence-electron chi connectivity index (χ2n) is 7.48. The van der Waals surface area contributed by atoms with E-state index in [9.17, 15) is 9.18 Å². The summed E-state index contributed by atoms with van der Waals surface area (Å²) >= 11 is 5.94. The van der Waals surface area contributed by atoms with Gasteiger partial charge in [-0.25, -0.2) is 4.39 Å². The molecule has 2 aromatic carbocycles. The van der Waals surface area contributed by atoms with Gasteiger partial charge in [0.1, 0.15) is 5.82 Å². The van der Waals surface area contributed by atoms with E-state index in [1.54, 1.807) is 11.0 Å². The normalized spacial score (nSPS) is 16.0. The van der Waals surface area contributed by atoms with Crippen molar-refractivity contribution in [3.8, 4) is 0 Å². The van der Waals surface area contributed by atoms with Crippen molar-refractivity contribution in [3.63, 3.8) is 0 Å². The largest absolute Gasteiger partial charge is 0.390 e. The van der Waals surface area contributed by atoms with Gasteiger partial charge in [0.05, 0.1) is 12.3 Å². The molecule has 0 N–H and O–H groups in total. The molecule has 0 saturated carbocycles. The molecule has 0 fully saturated rings. The lowest BCUT2D eigenvalue weighted by molar-refractivity contribution is -0.134. The van der Waals surface area contributed by atoms with E-state index >= 15 is 0 Å². The van der Waals surface area contributed by atoms with E-state index in [2.05, 4.69) is 5.16 Å². The van der Waals surface area contributed by atoms with Gasteiger partial charge >= 0.3 is 0 Å². The van der Waals surface area contributed by atoms with Gasteiger partial charge in [0, 0.05) is 24.4 Å². The van der Waals surface area contributed by atoms with Crippen molar-refractivity contribution in [2.75, 3.05) is 6.54 Å². The van der Waals surface area contributed by atoms with Gasteiger partial charge < -0.3 is 9.74 Å². The van der Waals surface area contributed by atoms with E-state index in [0.717, 1.165) is 16.8 Å². The number of halogens is 2. The highest BCUT2D eigenvalue weighted by atomic mass is 35.5. The van der Waals surface area contributed by atoms with Crippen molar-refractivity contribution < 1.29 is 14.0 Å². The Bertz CT molecular complexity index is 852. The molecule has 1 aliphatic rings. The van der Waals surface area contributed by atoms with Gasteiger partial charge in [0.15, 0.2) is 6.10 Å². The lowest BCUT2D eigenvalue weighted by Gasteiger charge is -2.26. The summed E-state index contributed by atoms with van der Waals surface area (Å²) in [5, 5.41) is 4.85. The third-order valence-corrected chi connectivity index (χ3v) is 4.78. The number of carbonyl (C=O) groups is 1. The minimum atomic E-state index is -0.306. The molecule has 1 unspecified atom stereocenters. The molecule has 2 aromatic rings. The van der Waals surface area contributed by atoms with Crippen molar-refractivity contribution in [1.82, 2.24) is 4.90 Å². The van der Waals surface area contributed by atoms with Gasteiger partial charge in [-0.3, -0.25) is 4.79 Å². The van der Waals surface area contributed by atoms with E-state index < -0.39 is 0 Å². The van der Waals surface area contributed by atoms with Crippen LogP contribution in [-0.2, 0) is 16.2 Å². The summed E-state index contributed by atoms with van der Waals surface area (Å²) in [6.07, 6.45) is 0.818. The molecule has 0 aliphatic carbocycles. The molecule has 3 rings (SSSR count). The average molecular weight is 403 g/mol. The number of amides is 1. The predicted molar refractivity (Wildman–Crippen MR) is 109 cm³/mol. The van der Waals surface area contributed by atoms with Gasteiger partial charge in [-0.1, -0.05) is 54.9 Å². The average Bonchev–Trinajstić information content (AvgIpc) is 3.10. The van der Waals surface area contributed by atoms with E-state index in [0.29, 0.717) is 31.0 Å². The summed E-state index contributed by atoms with van der Waals surface area (Å²) in [4.78, 5) is 20.1. The monoisotopic (exact) mass is 402 g/mol. The topological polar surface area (TPSA) is 41.9 Å². The van der Waals surface area contributed by atoms with Crippen LogP contribution < -0.4 is 0 Å². The Labute approximate surface area is 169 Å². The molecule has 4 nitrogen and oxygen atoms in total. The zero-order valence-corrected chi connectivity index (χ0v) is 16.8. The van der Waals surface area contributed by atoms with Crippen LogP contribution in [-0.4, -0.2) is 29.2 Å². The maximum Gasteiger partial charge on any atom is 0.223 e. The Morgan fingerprint density at radius 2 is 2.04 bits per heavy atom. The summed E-state index contributed by atoms with van der Waals surface area (Å²) in [5.74, 6) is -0.0325. The molecule has 1 amide bonds. The lowest BCUT2D eigenvalue weighted by atomic mass is 10.0. The van der Waals surface area contributed by atoms with E-state index in [4.69, 9.17) is 16.4 Å². The van der Waals surface area contributed by atoms with Crippen LogP contribution in [0.1, 0.15) is 37.8 Å². The molecular formula is C22H24ClFN2O2. The molecule has 1 atom stereocenters. The SMILES string of the molecule is CC(C)CC(=O)N(Cc1cccc(F)c1)CC1CC(c2ccc(Cl)cc2)=NO1. The van der Waals surface area contributed by atoms with Crippen LogP contribution in [0.2, 0.25) is 5.02 Å². The van der Waals surface area contributed by atoms with Crippen molar-refractivity contribution in [1.29, 1.82) is 0 Å². The van der Waals surface area contributed by atoms with E-state index in [1.165, 1.54) is 12.1 Å². The fourth-order valence-corrected chi connectivity index (χ4v) is 3.30. The second-order valence-corrected chi connectivity index (χ2v) is 7.92. The molecule has 0 saturated heterocycles. The Kier molecular flexibility index (Phi) is 6.68. The fraction of sp³-hybridized carbons (Fsp3) is 0.364. The molecule has 0 aromatic heterocycles. The minimum absolute atomic E-state index is 0.0304. The van der Waals surface area contributed by atoms with Crippen LogP contribution in [0.25, 0.3) is 0 Å². The fourth-order valence-electron chi connectivity index (χ4n) is 3.17. The summed E-state index contributed by atoms with van der Waals surface area (Å²) < 4.78 is 13.5. The van der Waals surface area contributed by atoms with Crippen LogP contribution >= 0.6 is 11.6 Å². The third kappa shape index (κ3) is 5.55. The highest BCUT2D eigenvalue weighted by Crippen LogP contribution is 2.21. The molecule has 6 heteroatoms. The van der Waals surface area contributed by atoms with Gasteiger partial charge in [-0.2, -0.15) is 0 Å². The van der Waals surface area contributed by atoms with E-state index in [1.807, 2.05) is 44.2 Å². The minimum Gasteiger partial charge on any atom is -0.390 e. The van der Waals surface area contributed by atoms with E-state index in [-0.39, 0.29) is 23.7 Å². The Morgan fingerprint density at radius 1 is 1.29 bits per heavy atom. The Balaban J connectivity index is 1.67. The first-order chi connectivity index (χ1) is 13.4. The summed E-state index contributed by atoms with van der Waals surface area (Å²) in [6, 6.07) is 13.8. The Hall–Kier alpha value is -2.40. The number of hydrogen-bond donors (Lipinski definition) is 0. The number of rotatable bonds is 7. The van der Waals surface area contributed by atoms with Gasteiger partial charge in [0.25, 0.3) is 0 Å². The first-order valence-corrected chi connectivity index (χ1v) is 9.79. The zero-order valence-electron chi connectivity index (χ0n) is 16.1. The highest BCUT2D eigenvalue weighted by Gasteiger charge is 2.27. The van der Waals surface area contributed by atoms with Crippen LogP contribution in [0.15, 0.2) is 53.7 Å². The van der Waals surface area contributed by atoms with Crippen LogP contribution in [0.4, 0.5) is 4.39 Å². The van der Waals surface area contributed by atoms with Crippen molar-refractivity contribution >= 4 is 23.2 Å². The predicted octanol–water partition coefficient (Wildman–Crippen LogP) is 5.05. The summed E-state index contributed by atoms with van der Waals surface area (Å²) in [6.45, 7) is 4.76. The van der Waals surface area contributed by atoms with Gasteiger partial charge in [-0.05, 0) is 41.3 Å². The molecule has 1 aliphatic heterocycles. The van der Waals surface area contributed by atoms with Gasteiger partial charge in [0.2, 0.25) is 5.91 Å². The molecule has 1 heterocycles. The quantitative estimate of drug-likeness (QED) is 0.650. The molecular weight excluding hydrogens is 379 g/mol. The van der Waals surface area contributed by atoms with Crippen molar-refractivity contribution in [2.24, 2.45) is 11.1 Å². The zero-order chi connectivity index (χ0) is 20.1. The molecule has 0 radical (unpaired) electrons. The number of nitrogens with zero attached hydrogens (tertiary/aromatic N) is 2. The van der Waals surface area contributed by atoms with Crippen LogP contribution in [0.5, 0.6) is 0 Å². The van der Waals surface area contributed by atoms with Crippen molar-refractivity contribution in [2.45, 2.75) is 39.3 Å². The second kappa shape index (κ2) is 9.20. The molecule has 148 valence electrons. The van der Waals surface area contributed by atoms with Gasteiger partial charge in [-0.15, -0.1) is 0 Å². The highest BCUT2D eigenvalue weighted by molar-refractivity contribution is 6.30. The molecule has 0 bridgehead atoms. The molecule has 0 spiro atoms. The van der Waals surface area contributed by atoms with Crippen molar-refractivity contribution in [3.05, 3.63) is 70.5 Å². The number of oxime groups is 1. The maximum atomic E-state index is 13.5. The number of hydrogen-bond acceptors (Lipinski definition) is 3. The maximum absolute atomic E-state index is 13.5. The molecule has 28 heavy (non-hydrogen) atoms. The van der Waals surface area contributed by atoms with Crippen LogP contribution in [0.3, 0.4) is 0 Å². The summed E-state index contributed by atoms with van der Waals surface area (Å²) in [5.41, 5.74) is 2.55. The number of benzene rings is 2. The number of carbonyl (C=O) groups excluding carboxylic acids is 1. The lowest BCUT2D eigenvalue weighted by Crippen LogP contribution is -2.37. The first kappa shape index (κ1) is 20.3.